The number of anilines is 1. The zero-order chi connectivity index (χ0) is 19.9. The number of aryl methyl sites for hydroxylation is 1. The quantitative estimate of drug-likeness (QED) is 0.821. The number of hydrogen-bond donors (Lipinski definition) is 1. The van der Waals surface area contributed by atoms with E-state index in [1.54, 1.807) is 6.07 Å². The summed E-state index contributed by atoms with van der Waals surface area (Å²) >= 11 is 0. The van der Waals surface area contributed by atoms with E-state index in [2.05, 4.69) is 31.2 Å². The Kier molecular flexibility index (Phi) is 4.84. The molecular weight excluding hydrogens is 342 g/mol. The SMILES string of the molecule is COC(=O)c1cc(NC(=O)c2cc(C3CC3)n(C(C)(C)C)n2)cc(C)c1C. The van der Waals surface area contributed by atoms with Gasteiger partial charge in [0.05, 0.1) is 18.2 Å². The van der Waals surface area contributed by atoms with Gasteiger partial charge in [-0.25, -0.2) is 4.79 Å². The van der Waals surface area contributed by atoms with Crippen LogP contribution in [0.2, 0.25) is 0 Å². The van der Waals surface area contributed by atoms with Crippen molar-refractivity contribution in [3.63, 3.8) is 0 Å². The molecule has 27 heavy (non-hydrogen) atoms. The first-order valence-corrected chi connectivity index (χ1v) is 9.23. The Balaban J connectivity index is 1.90. The molecule has 1 N–H and O–H groups in total. The maximum absolute atomic E-state index is 12.8. The lowest BCUT2D eigenvalue weighted by atomic mass is 10.0. The molecule has 0 bridgehead atoms. The Labute approximate surface area is 159 Å². The monoisotopic (exact) mass is 369 g/mol. The number of amides is 1. The predicted molar refractivity (Wildman–Crippen MR) is 104 cm³/mol. The summed E-state index contributed by atoms with van der Waals surface area (Å²) in [6, 6.07) is 5.39. The van der Waals surface area contributed by atoms with E-state index in [1.165, 1.54) is 7.11 Å². The second-order valence-corrected chi connectivity index (χ2v) is 8.22. The van der Waals surface area contributed by atoms with Crippen molar-refractivity contribution in [3.05, 3.63) is 46.3 Å². The van der Waals surface area contributed by atoms with E-state index in [-0.39, 0.29) is 11.4 Å². The molecule has 0 spiro atoms. The van der Waals surface area contributed by atoms with Crippen molar-refractivity contribution in [1.29, 1.82) is 0 Å². The summed E-state index contributed by atoms with van der Waals surface area (Å²) in [6.45, 7) is 10.0. The Morgan fingerprint density at radius 3 is 2.41 bits per heavy atom. The number of esters is 1. The van der Waals surface area contributed by atoms with Gasteiger partial charge in [0.2, 0.25) is 0 Å². The van der Waals surface area contributed by atoms with Crippen molar-refractivity contribution < 1.29 is 14.3 Å². The number of hydrogen-bond acceptors (Lipinski definition) is 4. The van der Waals surface area contributed by atoms with Crippen LogP contribution >= 0.6 is 0 Å². The molecule has 3 rings (SSSR count). The molecule has 1 aromatic heterocycles. The Morgan fingerprint density at radius 2 is 1.85 bits per heavy atom. The van der Waals surface area contributed by atoms with E-state index in [0.717, 1.165) is 29.7 Å². The lowest BCUT2D eigenvalue weighted by Gasteiger charge is -2.22. The lowest BCUT2D eigenvalue weighted by Crippen LogP contribution is -2.25. The molecule has 1 fully saturated rings. The minimum atomic E-state index is -0.417. The van der Waals surface area contributed by atoms with Crippen LogP contribution in [0.25, 0.3) is 0 Å². The Hall–Kier alpha value is -2.63. The van der Waals surface area contributed by atoms with Gasteiger partial charge >= 0.3 is 5.97 Å². The van der Waals surface area contributed by atoms with Crippen LogP contribution < -0.4 is 5.32 Å². The van der Waals surface area contributed by atoms with E-state index in [9.17, 15) is 9.59 Å². The highest BCUT2D eigenvalue weighted by Gasteiger charge is 2.32. The van der Waals surface area contributed by atoms with Crippen LogP contribution in [-0.4, -0.2) is 28.8 Å². The van der Waals surface area contributed by atoms with Gasteiger partial charge in [0.1, 0.15) is 0 Å². The molecule has 1 amide bonds. The molecule has 6 nitrogen and oxygen atoms in total. The number of nitrogens with zero attached hydrogens (tertiary/aromatic N) is 2. The van der Waals surface area contributed by atoms with E-state index in [4.69, 9.17) is 4.74 Å². The van der Waals surface area contributed by atoms with Crippen LogP contribution in [0.4, 0.5) is 5.69 Å². The second-order valence-electron chi connectivity index (χ2n) is 8.22. The van der Waals surface area contributed by atoms with Gasteiger partial charge in [0.25, 0.3) is 5.91 Å². The fourth-order valence-corrected chi connectivity index (χ4v) is 3.16. The molecule has 1 aliphatic rings. The normalized spacial score (nSPS) is 14.1. The summed E-state index contributed by atoms with van der Waals surface area (Å²) in [5.41, 5.74) is 4.08. The smallest absolute Gasteiger partial charge is 0.338 e. The van der Waals surface area contributed by atoms with Crippen molar-refractivity contribution >= 4 is 17.6 Å². The highest BCUT2D eigenvalue weighted by Crippen LogP contribution is 2.41. The first kappa shape index (κ1) is 19.1. The minimum Gasteiger partial charge on any atom is -0.465 e. The molecule has 0 aliphatic heterocycles. The molecule has 6 heteroatoms. The van der Waals surface area contributed by atoms with E-state index < -0.39 is 5.97 Å². The summed E-state index contributed by atoms with van der Waals surface area (Å²) in [5, 5.41) is 7.44. The van der Waals surface area contributed by atoms with Crippen molar-refractivity contribution in [1.82, 2.24) is 9.78 Å². The minimum absolute atomic E-state index is 0.186. The van der Waals surface area contributed by atoms with Crippen LogP contribution in [-0.2, 0) is 10.3 Å². The average molecular weight is 369 g/mol. The Bertz CT molecular complexity index is 902. The fraction of sp³-hybridized carbons (Fsp3) is 0.476. The van der Waals surface area contributed by atoms with Gasteiger partial charge in [-0.1, -0.05) is 0 Å². The van der Waals surface area contributed by atoms with Crippen molar-refractivity contribution in [2.45, 2.75) is 58.9 Å². The molecule has 0 atom stereocenters. The van der Waals surface area contributed by atoms with Crippen molar-refractivity contribution in [2.24, 2.45) is 0 Å². The number of nitrogens with one attached hydrogen (secondary N) is 1. The largest absolute Gasteiger partial charge is 0.465 e. The molecule has 1 aliphatic carbocycles. The van der Waals surface area contributed by atoms with Gasteiger partial charge in [0, 0.05) is 17.3 Å². The number of benzene rings is 1. The van der Waals surface area contributed by atoms with Crippen LogP contribution in [0, 0.1) is 13.8 Å². The zero-order valence-corrected chi connectivity index (χ0v) is 16.8. The highest BCUT2D eigenvalue weighted by atomic mass is 16.5. The van der Waals surface area contributed by atoms with E-state index in [1.807, 2.05) is 30.7 Å². The fourth-order valence-electron chi connectivity index (χ4n) is 3.16. The van der Waals surface area contributed by atoms with Gasteiger partial charge in [0.15, 0.2) is 5.69 Å². The first-order valence-electron chi connectivity index (χ1n) is 9.23. The lowest BCUT2D eigenvalue weighted by molar-refractivity contribution is 0.0599. The third-order valence-corrected chi connectivity index (χ3v) is 4.93. The van der Waals surface area contributed by atoms with Crippen molar-refractivity contribution in [3.8, 4) is 0 Å². The molecule has 1 aromatic carbocycles. The predicted octanol–water partition coefficient (Wildman–Crippen LogP) is 4.17. The van der Waals surface area contributed by atoms with E-state index in [0.29, 0.717) is 22.9 Å². The molecular formula is C21H27N3O3. The van der Waals surface area contributed by atoms with Gasteiger partial charge < -0.3 is 10.1 Å². The molecule has 1 saturated carbocycles. The second kappa shape index (κ2) is 6.83. The first-order chi connectivity index (χ1) is 12.6. The summed E-state index contributed by atoms with van der Waals surface area (Å²) < 4.78 is 6.80. The van der Waals surface area contributed by atoms with Crippen LogP contribution in [0.3, 0.4) is 0 Å². The van der Waals surface area contributed by atoms with Gasteiger partial charge in [-0.05, 0) is 76.8 Å². The standard InChI is InChI=1S/C21H27N3O3/c1-12-9-15(10-16(13(12)2)20(26)27-6)22-19(25)17-11-18(14-7-8-14)24(23-17)21(3,4)5/h9-11,14H,7-8H2,1-6H3,(H,22,25). The average Bonchev–Trinajstić information content (AvgIpc) is 3.33. The maximum Gasteiger partial charge on any atom is 0.338 e. The maximum atomic E-state index is 12.8. The third-order valence-electron chi connectivity index (χ3n) is 4.93. The molecule has 0 saturated heterocycles. The topological polar surface area (TPSA) is 73.2 Å². The summed E-state index contributed by atoms with van der Waals surface area (Å²) in [5.74, 6) is -0.204. The number of carbonyl (C=O) groups is 2. The third kappa shape index (κ3) is 3.89. The molecule has 2 aromatic rings. The Morgan fingerprint density at radius 1 is 1.19 bits per heavy atom. The number of aromatic nitrogens is 2. The summed E-state index contributed by atoms with van der Waals surface area (Å²) in [6.07, 6.45) is 2.28. The zero-order valence-electron chi connectivity index (χ0n) is 16.8. The number of ether oxygens (including phenoxy) is 1. The highest BCUT2D eigenvalue weighted by molar-refractivity contribution is 6.04. The van der Waals surface area contributed by atoms with Crippen molar-refractivity contribution in [2.75, 3.05) is 12.4 Å². The van der Waals surface area contributed by atoms with Crippen LogP contribution in [0.5, 0.6) is 0 Å². The molecule has 0 radical (unpaired) electrons. The van der Waals surface area contributed by atoms with Gasteiger partial charge in [-0.15, -0.1) is 0 Å². The number of rotatable bonds is 4. The van der Waals surface area contributed by atoms with Crippen LogP contribution in [0.15, 0.2) is 18.2 Å². The number of methoxy groups -OCH3 is 1. The number of carbonyl (C=O) groups excluding carboxylic acids is 2. The molecule has 0 unspecified atom stereocenters. The molecule has 144 valence electrons. The molecule has 1 heterocycles. The summed E-state index contributed by atoms with van der Waals surface area (Å²) in [7, 11) is 1.35. The van der Waals surface area contributed by atoms with Gasteiger partial charge in [-0.2, -0.15) is 5.10 Å². The summed E-state index contributed by atoms with van der Waals surface area (Å²) in [4.78, 5) is 24.8. The van der Waals surface area contributed by atoms with E-state index >= 15 is 0 Å². The van der Waals surface area contributed by atoms with Crippen LogP contribution in [0.1, 0.15) is 77.2 Å². The van der Waals surface area contributed by atoms with Gasteiger partial charge in [-0.3, -0.25) is 9.48 Å².